The second-order valence-corrected chi connectivity index (χ2v) is 6.48. The molecule has 0 atom stereocenters. The Bertz CT molecular complexity index is 625. The topological polar surface area (TPSA) is 123 Å². The largest absolute Gasteiger partial charge is 0.378 e. The molecular weight excluding hydrogens is 286 g/mol. The Morgan fingerprint density at radius 1 is 1.35 bits per heavy atom. The average molecular weight is 301 g/mol. The number of hydrogen-bond acceptors (Lipinski definition) is 7. The first-order valence-corrected chi connectivity index (χ1v) is 7.35. The molecule has 0 spiro atoms. The van der Waals surface area contributed by atoms with Gasteiger partial charge in [-0.05, 0) is 7.05 Å². The normalized spacial score (nSPS) is 18.1. The molecule has 1 aliphatic rings. The zero-order chi connectivity index (χ0) is 14.9. The van der Waals surface area contributed by atoms with Crippen molar-refractivity contribution in [3.05, 3.63) is 22.4 Å². The third-order valence-corrected chi connectivity index (χ3v) is 5.03. The molecule has 10 heteroatoms. The van der Waals surface area contributed by atoms with Gasteiger partial charge in [0.2, 0.25) is 15.8 Å². The maximum Gasteiger partial charge on any atom is 0.312 e. The second-order valence-electron chi connectivity index (χ2n) is 4.54. The molecule has 0 aromatic carbocycles. The first kappa shape index (κ1) is 14.6. The van der Waals surface area contributed by atoms with Gasteiger partial charge in [0.15, 0.2) is 0 Å². The van der Waals surface area contributed by atoms with Crippen molar-refractivity contribution in [2.45, 2.75) is 4.90 Å². The number of likely N-dealkylation sites (N-methyl/N-ethyl adjacent to an activating group) is 1. The number of anilines is 1. The van der Waals surface area contributed by atoms with Crippen molar-refractivity contribution in [3.8, 4) is 0 Å². The first-order chi connectivity index (χ1) is 9.32. The summed E-state index contributed by atoms with van der Waals surface area (Å²) in [5.41, 5.74) is 4.86. The molecule has 1 fully saturated rings. The fraction of sp³-hybridized carbons (Fsp3) is 0.500. The van der Waals surface area contributed by atoms with Crippen LogP contribution in [0.4, 0.5) is 11.5 Å². The standard InChI is InChI=1S/C10H15N5O4S/c1-13-2-4-14(5-3-13)20(18,19)8-6-9(15(16)17)10(11)12-7-8/h6-7H,2-5H2,1H3,(H2,11,12). The van der Waals surface area contributed by atoms with E-state index in [0.717, 1.165) is 12.3 Å². The second kappa shape index (κ2) is 5.31. The van der Waals surface area contributed by atoms with Crippen LogP contribution in [0.3, 0.4) is 0 Å². The highest BCUT2D eigenvalue weighted by Crippen LogP contribution is 2.24. The lowest BCUT2D eigenvalue weighted by atomic mass is 10.4. The van der Waals surface area contributed by atoms with Gasteiger partial charge in [0.1, 0.15) is 4.90 Å². The number of hydrogen-bond donors (Lipinski definition) is 1. The Balaban J connectivity index is 2.35. The summed E-state index contributed by atoms with van der Waals surface area (Å²) in [5.74, 6) is -0.299. The number of aromatic nitrogens is 1. The molecule has 2 heterocycles. The Labute approximate surface area is 116 Å². The van der Waals surface area contributed by atoms with E-state index in [1.165, 1.54) is 4.31 Å². The molecule has 2 N–H and O–H groups in total. The Morgan fingerprint density at radius 2 is 1.95 bits per heavy atom. The zero-order valence-corrected chi connectivity index (χ0v) is 11.7. The number of piperazine rings is 1. The van der Waals surface area contributed by atoms with Gasteiger partial charge in [0.25, 0.3) is 0 Å². The summed E-state index contributed by atoms with van der Waals surface area (Å²) in [6.45, 7) is 1.92. The van der Waals surface area contributed by atoms with Crippen LogP contribution in [0, 0.1) is 10.1 Å². The van der Waals surface area contributed by atoms with Gasteiger partial charge >= 0.3 is 5.69 Å². The van der Waals surface area contributed by atoms with Crippen LogP contribution in [0.2, 0.25) is 0 Å². The Morgan fingerprint density at radius 3 is 2.50 bits per heavy atom. The van der Waals surface area contributed by atoms with Crippen molar-refractivity contribution in [1.29, 1.82) is 0 Å². The molecule has 1 aromatic heterocycles. The highest BCUT2D eigenvalue weighted by Gasteiger charge is 2.29. The van der Waals surface area contributed by atoms with Gasteiger partial charge in [-0.3, -0.25) is 10.1 Å². The Kier molecular flexibility index (Phi) is 3.88. The number of rotatable bonds is 3. The zero-order valence-electron chi connectivity index (χ0n) is 10.9. The van der Waals surface area contributed by atoms with Gasteiger partial charge in [-0.25, -0.2) is 13.4 Å². The summed E-state index contributed by atoms with van der Waals surface area (Å²) in [7, 11) is -1.87. The number of nitro groups is 1. The number of nitrogens with zero attached hydrogens (tertiary/aromatic N) is 4. The first-order valence-electron chi connectivity index (χ1n) is 5.91. The van der Waals surface area contributed by atoms with Crippen molar-refractivity contribution in [2.75, 3.05) is 39.0 Å². The van der Waals surface area contributed by atoms with Crippen LogP contribution in [0.5, 0.6) is 0 Å². The van der Waals surface area contributed by atoms with E-state index < -0.39 is 20.6 Å². The number of nitrogens with two attached hydrogens (primary N) is 1. The summed E-state index contributed by atoms with van der Waals surface area (Å²) in [4.78, 5) is 15.4. The lowest BCUT2D eigenvalue weighted by Gasteiger charge is -2.31. The van der Waals surface area contributed by atoms with Gasteiger partial charge in [0, 0.05) is 38.4 Å². The van der Waals surface area contributed by atoms with E-state index in [1.807, 2.05) is 11.9 Å². The molecule has 110 valence electrons. The van der Waals surface area contributed by atoms with Gasteiger partial charge in [0.05, 0.1) is 4.92 Å². The fourth-order valence-corrected chi connectivity index (χ4v) is 3.30. The predicted octanol–water partition coefficient (Wildman–Crippen LogP) is -0.492. The molecule has 0 saturated carbocycles. The van der Waals surface area contributed by atoms with Crippen LogP contribution in [-0.2, 0) is 10.0 Å². The highest BCUT2D eigenvalue weighted by molar-refractivity contribution is 7.89. The molecule has 9 nitrogen and oxygen atoms in total. The van der Waals surface area contributed by atoms with Crippen molar-refractivity contribution in [3.63, 3.8) is 0 Å². The molecule has 20 heavy (non-hydrogen) atoms. The van der Waals surface area contributed by atoms with E-state index in [-0.39, 0.29) is 10.7 Å². The van der Waals surface area contributed by atoms with Gasteiger partial charge in [-0.2, -0.15) is 4.31 Å². The average Bonchev–Trinajstić information content (AvgIpc) is 2.39. The highest BCUT2D eigenvalue weighted by atomic mass is 32.2. The molecule has 1 saturated heterocycles. The minimum Gasteiger partial charge on any atom is -0.378 e. The summed E-state index contributed by atoms with van der Waals surface area (Å²) < 4.78 is 26.1. The molecule has 0 aliphatic carbocycles. The van der Waals surface area contributed by atoms with Crippen LogP contribution in [0.25, 0.3) is 0 Å². The lowest BCUT2D eigenvalue weighted by Crippen LogP contribution is -2.47. The molecular formula is C10H15N5O4S. The molecule has 0 unspecified atom stereocenters. The van der Waals surface area contributed by atoms with Crippen molar-refractivity contribution >= 4 is 21.5 Å². The number of nitrogen functional groups attached to an aromatic ring is 1. The maximum absolute atomic E-state index is 12.4. The lowest BCUT2D eigenvalue weighted by molar-refractivity contribution is -0.384. The van der Waals surface area contributed by atoms with Crippen molar-refractivity contribution in [1.82, 2.24) is 14.2 Å². The minimum absolute atomic E-state index is 0.206. The molecule has 1 aliphatic heterocycles. The number of pyridine rings is 1. The minimum atomic E-state index is -3.77. The van der Waals surface area contributed by atoms with E-state index >= 15 is 0 Å². The molecule has 2 rings (SSSR count). The number of sulfonamides is 1. The maximum atomic E-state index is 12.4. The van der Waals surface area contributed by atoms with E-state index in [1.54, 1.807) is 0 Å². The molecule has 1 aromatic rings. The molecule has 0 amide bonds. The predicted molar refractivity (Wildman–Crippen MR) is 71.6 cm³/mol. The summed E-state index contributed by atoms with van der Waals surface area (Å²) in [6.07, 6.45) is 1.05. The molecule has 0 radical (unpaired) electrons. The van der Waals surface area contributed by atoms with Crippen LogP contribution in [-0.4, -0.2) is 60.8 Å². The summed E-state index contributed by atoms with van der Waals surface area (Å²) in [5, 5.41) is 10.8. The van der Waals surface area contributed by atoms with Crippen LogP contribution in [0.1, 0.15) is 0 Å². The van der Waals surface area contributed by atoms with Gasteiger partial charge < -0.3 is 10.6 Å². The quantitative estimate of drug-likeness (QED) is 0.590. The van der Waals surface area contributed by atoms with E-state index in [9.17, 15) is 18.5 Å². The summed E-state index contributed by atoms with van der Waals surface area (Å²) >= 11 is 0. The Hall–Kier alpha value is -1.78. The van der Waals surface area contributed by atoms with Crippen LogP contribution < -0.4 is 5.73 Å². The van der Waals surface area contributed by atoms with E-state index in [0.29, 0.717) is 26.2 Å². The fourth-order valence-electron chi connectivity index (χ4n) is 1.91. The van der Waals surface area contributed by atoms with Crippen molar-refractivity contribution in [2.24, 2.45) is 0 Å². The van der Waals surface area contributed by atoms with Crippen LogP contribution >= 0.6 is 0 Å². The summed E-state index contributed by atoms with van der Waals surface area (Å²) in [6, 6.07) is 0.954. The van der Waals surface area contributed by atoms with Crippen LogP contribution in [0.15, 0.2) is 17.2 Å². The monoisotopic (exact) mass is 301 g/mol. The third kappa shape index (κ3) is 2.71. The third-order valence-electron chi connectivity index (χ3n) is 3.17. The smallest absolute Gasteiger partial charge is 0.312 e. The van der Waals surface area contributed by atoms with Gasteiger partial charge in [-0.15, -0.1) is 0 Å². The van der Waals surface area contributed by atoms with Gasteiger partial charge in [-0.1, -0.05) is 0 Å². The van der Waals surface area contributed by atoms with Crippen molar-refractivity contribution < 1.29 is 13.3 Å². The van der Waals surface area contributed by atoms with E-state index in [2.05, 4.69) is 4.98 Å². The molecule has 0 bridgehead atoms. The van der Waals surface area contributed by atoms with E-state index in [4.69, 9.17) is 5.73 Å². The SMILES string of the molecule is CN1CCN(S(=O)(=O)c2cnc(N)c([N+](=O)[O-])c2)CC1.